The van der Waals surface area contributed by atoms with Gasteiger partial charge in [-0.15, -0.1) is 0 Å². The molecule has 3 heterocycles. The summed E-state index contributed by atoms with van der Waals surface area (Å²) < 4.78 is 27.4. The zero-order valence-electron chi connectivity index (χ0n) is 13.7. The van der Waals surface area contributed by atoms with Crippen molar-refractivity contribution in [2.24, 2.45) is 0 Å². The van der Waals surface area contributed by atoms with E-state index in [0.29, 0.717) is 17.8 Å². The monoisotopic (exact) mass is 351 g/mol. The van der Waals surface area contributed by atoms with Gasteiger partial charge in [0.15, 0.2) is 0 Å². The number of amides is 1. The second kappa shape index (κ2) is 6.55. The lowest BCUT2D eigenvalue weighted by molar-refractivity contribution is 0.0946. The van der Waals surface area contributed by atoms with Crippen LogP contribution in [0.1, 0.15) is 27.3 Å². The summed E-state index contributed by atoms with van der Waals surface area (Å²) in [6, 6.07) is 9.16. The number of carbonyl (C=O) groups is 1. The molecule has 0 spiro atoms. The highest BCUT2D eigenvalue weighted by molar-refractivity contribution is 5.97. The molecule has 2 N–H and O–H groups in total. The number of carbonyl (C=O) groups excluding carboxylic acids is 1. The lowest BCUT2D eigenvalue weighted by atomic mass is 10.1. The Labute approximate surface area is 148 Å². The smallest absolute Gasteiger partial charge is 0.253 e. The van der Waals surface area contributed by atoms with E-state index in [4.69, 9.17) is 0 Å². The van der Waals surface area contributed by atoms with Gasteiger partial charge in [0.2, 0.25) is 0 Å². The Morgan fingerprint density at radius 3 is 2.65 bits per heavy atom. The third-order valence-corrected chi connectivity index (χ3v) is 4.32. The predicted molar refractivity (Wildman–Crippen MR) is 95.3 cm³/mol. The van der Waals surface area contributed by atoms with Crippen molar-refractivity contribution in [3.63, 3.8) is 0 Å². The zero-order chi connectivity index (χ0) is 18.1. The van der Waals surface area contributed by atoms with Gasteiger partial charge in [-0.25, -0.2) is 8.78 Å². The van der Waals surface area contributed by atoms with Crippen LogP contribution in [0.3, 0.4) is 0 Å². The Morgan fingerprint density at radius 2 is 1.88 bits per heavy atom. The second-order valence-electron chi connectivity index (χ2n) is 6.02. The van der Waals surface area contributed by atoms with E-state index >= 15 is 0 Å². The zero-order valence-corrected chi connectivity index (χ0v) is 13.7. The highest BCUT2D eigenvalue weighted by Gasteiger charge is 2.19. The van der Waals surface area contributed by atoms with E-state index in [0.717, 1.165) is 23.4 Å². The highest BCUT2D eigenvalue weighted by Crippen LogP contribution is 2.25. The first-order valence-electron chi connectivity index (χ1n) is 8.20. The van der Waals surface area contributed by atoms with Gasteiger partial charge >= 0.3 is 0 Å². The number of pyridine rings is 1. The summed E-state index contributed by atoms with van der Waals surface area (Å²) >= 11 is 0. The van der Waals surface area contributed by atoms with Crippen LogP contribution in [-0.2, 0) is 6.42 Å². The van der Waals surface area contributed by atoms with Crippen molar-refractivity contribution in [2.45, 2.75) is 6.42 Å². The number of aromatic amines is 1. The van der Waals surface area contributed by atoms with E-state index in [-0.39, 0.29) is 11.5 Å². The lowest BCUT2D eigenvalue weighted by Crippen LogP contribution is -2.31. The molecule has 0 saturated heterocycles. The van der Waals surface area contributed by atoms with Crippen molar-refractivity contribution in [3.05, 3.63) is 76.7 Å². The van der Waals surface area contributed by atoms with Crippen molar-refractivity contribution in [3.8, 4) is 11.3 Å². The third-order valence-electron chi connectivity index (χ3n) is 4.32. The molecule has 26 heavy (non-hydrogen) atoms. The van der Waals surface area contributed by atoms with Gasteiger partial charge < -0.3 is 10.3 Å². The van der Waals surface area contributed by atoms with Crippen molar-refractivity contribution >= 4 is 18.1 Å². The van der Waals surface area contributed by atoms with Crippen LogP contribution in [0, 0.1) is 11.6 Å². The molecule has 0 unspecified atom stereocenters. The van der Waals surface area contributed by atoms with E-state index in [1.807, 2.05) is 12.1 Å². The number of rotatable bonds is 3. The number of benzene rings is 1. The van der Waals surface area contributed by atoms with Crippen LogP contribution in [0.2, 0.25) is 0 Å². The van der Waals surface area contributed by atoms with Crippen LogP contribution >= 0.6 is 0 Å². The van der Waals surface area contributed by atoms with Gasteiger partial charge in [0, 0.05) is 41.7 Å². The van der Waals surface area contributed by atoms with Crippen LogP contribution in [0.15, 0.2) is 42.6 Å². The summed E-state index contributed by atoms with van der Waals surface area (Å²) in [5.41, 5.74) is 3.66. The number of nitrogens with zero attached hydrogens (tertiary/aromatic N) is 1. The van der Waals surface area contributed by atoms with E-state index in [9.17, 15) is 13.6 Å². The summed E-state index contributed by atoms with van der Waals surface area (Å²) in [5, 5.41) is 2.81. The first kappa shape index (κ1) is 16.2. The van der Waals surface area contributed by atoms with Gasteiger partial charge in [-0.05, 0) is 42.5 Å². The normalized spacial score (nSPS) is 13.7. The molecular weight excluding hydrogens is 336 g/mol. The van der Waals surface area contributed by atoms with Crippen molar-refractivity contribution in [2.75, 3.05) is 6.54 Å². The van der Waals surface area contributed by atoms with Crippen molar-refractivity contribution < 1.29 is 13.6 Å². The third kappa shape index (κ3) is 3.01. The van der Waals surface area contributed by atoms with Crippen LogP contribution in [0.5, 0.6) is 0 Å². The molecule has 3 aromatic rings. The number of hydrogen-bond donors (Lipinski definition) is 2. The minimum absolute atomic E-state index is 0.0852. The molecule has 1 aliphatic heterocycles. The molecule has 0 fully saturated rings. The van der Waals surface area contributed by atoms with E-state index in [2.05, 4.69) is 15.3 Å². The predicted octanol–water partition coefficient (Wildman–Crippen LogP) is 3.81. The molecule has 6 heteroatoms. The number of H-pyrrole nitrogens is 1. The minimum atomic E-state index is -0.625. The van der Waals surface area contributed by atoms with Gasteiger partial charge in [-0.1, -0.05) is 6.07 Å². The van der Waals surface area contributed by atoms with Gasteiger partial charge in [0.25, 0.3) is 5.91 Å². The number of halogens is 2. The fourth-order valence-electron chi connectivity index (χ4n) is 2.99. The Kier molecular flexibility index (Phi) is 4.08. The quantitative estimate of drug-likeness (QED) is 0.754. The molecule has 130 valence electrons. The fraction of sp³-hybridized carbons (Fsp3) is 0.100. The van der Waals surface area contributed by atoms with Gasteiger partial charge in [-0.2, -0.15) is 0 Å². The number of hydrogen-bond acceptors (Lipinski definition) is 2. The maximum absolute atomic E-state index is 13.7. The molecule has 0 bridgehead atoms. The molecule has 0 aliphatic carbocycles. The Hall–Kier alpha value is -3.28. The standard InChI is InChI=1S/C20H15F2N3O/c21-16-2-1-3-17(22)14(16)5-4-13-10-12(6-8-23-13)19-11-15-18(25-19)7-9-24-20(15)26/h1-6,8,10-11,25H,7,9H2,(H,24,26)/b5-4+. The molecule has 0 atom stereocenters. The summed E-state index contributed by atoms with van der Waals surface area (Å²) in [4.78, 5) is 19.4. The first-order chi connectivity index (χ1) is 12.6. The summed E-state index contributed by atoms with van der Waals surface area (Å²) in [5.74, 6) is -1.33. The number of nitrogens with one attached hydrogen (secondary N) is 2. The summed E-state index contributed by atoms with van der Waals surface area (Å²) in [6.45, 7) is 0.615. The summed E-state index contributed by atoms with van der Waals surface area (Å²) in [7, 11) is 0. The average molecular weight is 351 g/mol. The number of fused-ring (bicyclic) bond motifs is 1. The first-order valence-corrected chi connectivity index (χ1v) is 8.20. The largest absolute Gasteiger partial charge is 0.358 e. The van der Waals surface area contributed by atoms with Crippen molar-refractivity contribution in [1.82, 2.24) is 15.3 Å². The molecule has 1 amide bonds. The van der Waals surface area contributed by atoms with Crippen LogP contribution in [0.25, 0.3) is 23.4 Å². The molecule has 0 saturated carbocycles. The molecule has 1 aliphatic rings. The maximum atomic E-state index is 13.7. The topological polar surface area (TPSA) is 57.8 Å². The molecule has 2 aromatic heterocycles. The van der Waals surface area contributed by atoms with Gasteiger partial charge in [0.1, 0.15) is 11.6 Å². The average Bonchev–Trinajstić information content (AvgIpc) is 3.07. The molecule has 4 nitrogen and oxygen atoms in total. The van der Waals surface area contributed by atoms with Gasteiger partial charge in [-0.3, -0.25) is 9.78 Å². The van der Waals surface area contributed by atoms with Crippen LogP contribution < -0.4 is 5.32 Å². The SMILES string of the molecule is O=C1NCCc2[nH]c(-c3ccnc(/C=C/c4c(F)cccc4F)c3)cc21. The minimum Gasteiger partial charge on any atom is -0.358 e. The Bertz CT molecular complexity index is 1000. The number of aromatic nitrogens is 2. The fourth-order valence-corrected chi connectivity index (χ4v) is 2.99. The lowest BCUT2D eigenvalue weighted by Gasteiger charge is -2.10. The maximum Gasteiger partial charge on any atom is 0.253 e. The van der Waals surface area contributed by atoms with Crippen LogP contribution in [0.4, 0.5) is 8.78 Å². The molecule has 4 rings (SSSR count). The molecule has 0 radical (unpaired) electrons. The van der Waals surface area contributed by atoms with Crippen LogP contribution in [-0.4, -0.2) is 22.4 Å². The van der Waals surface area contributed by atoms with Crippen molar-refractivity contribution in [1.29, 1.82) is 0 Å². The summed E-state index contributed by atoms with van der Waals surface area (Å²) in [6.07, 6.45) is 5.29. The van der Waals surface area contributed by atoms with E-state index < -0.39 is 11.6 Å². The molecule has 1 aromatic carbocycles. The highest BCUT2D eigenvalue weighted by atomic mass is 19.1. The van der Waals surface area contributed by atoms with E-state index in [1.165, 1.54) is 24.3 Å². The van der Waals surface area contributed by atoms with Gasteiger partial charge in [0.05, 0.1) is 11.3 Å². The van der Waals surface area contributed by atoms with E-state index in [1.54, 1.807) is 18.3 Å². The second-order valence-corrected chi connectivity index (χ2v) is 6.02. The Morgan fingerprint density at radius 1 is 1.08 bits per heavy atom. The Balaban J connectivity index is 1.65. The molecular formula is C20H15F2N3O.